The van der Waals surface area contributed by atoms with Crippen LogP contribution < -0.4 is 15.4 Å². The highest BCUT2D eigenvalue weighted by Gasteiger charge is 2.13. The van der Waals surface area contributed by atoms with Gasteiger partial charge in [0, 0.05) is 24.7 Å². The number of hydrogen-bond acceptors (Lipinski definition) is 4. The molecule has 1 aromatic rings. The first-order chi connectivity index (χ1) is 9.13. The molecule has 0 aliphatic heterocycles. The number of benzene rings is 1. The number of unbranched alkanes of at least 4 members (excludes halogenated alkanes) is 1. The molecule has 5 heteroatoms. The summed E-state index contributed by atoms with van der Waals surface area (Å²) in [5.41, 5.74) is 7.14. The number of aliphatic hydroxyl groups excluding tert-OH is 1. The molecule has 0 saturated carbocycles. The molecule has 1 rings (SSSR count). The maximum Gasteiger partial charge on any atom is 0.124 e. The van der Waals surface area contributed by atoms with Gasteiger partial charge in [0.15, 0.2) is 0 Å². The van der Waals surface area contributed by atoms with Crippen molar-refractivity contribution < 1.29 is 9.84 Å². The summed E-state index contributed by atoms with van der Waals surface area (Å²) in [4.78, 5) is 2.04. The van der Waals surface area contributed by atoms with Gasteiger partial charge in [0.25, 0.3) is 0 Å². The number of nitrogens with two attached hydrogens (primary N) is 1. The van der Waals surface area contributed by atoms with Crippen molar-refractivity contribution in [3.05, 3.63) is 23.8 Å². The molecule has 0 bridgehead atoms. The molecule has 0 fully saturated rings. The Kier molecular flexibility index (Phi) is 6.15. The molecule has 5 nitrogen and oxygen atoms in total. The van der Waals surface area contributed by atoms with Crippen LogP contribution in [0, 0.1) is 5.41 Å². The molecule has 106 valence electrons. The van der Waals surface area contributed by atoms with Gasteiger partial charge in [0.05, 0.1) is 19.4 Å². The summed E-state index contributed by atoms with van der Waals surface area (Å²) in [6, 6.07) is 5.44. The topological polar surface area (TPSA) is 82.6 Å². The Balaban J connectivity index is 3.12. The standard InChI is InChI=1S/C14H23N3O2/c1-3-4-7-17(8-9-18)13-10-11(19-2)5-6-12(13)14(15)16/h5-6,10,18H,3-4,7-9H2,1-2H3,(H3,15,16). The first kappa shape index (κ1) is 15.3. The van der Waals surface area contributed by atoms with Crippen molar-refractivity contribution in [3.63, 3.8) is 0 Å². The number of aliphatic hydroxyl groups is 1. The van der Waals surface area contributed by atoms with E-state index in [2.05, 4.69) is 6.92 Å². The van der Waals surface area contributed by atoms with Crippen LogP contribution >= 0.6 is 0 Å². The Hall–Kier alpha value is -1.75. The lowest BCUT2D eigenvalue weighted by molar-refractivity contribution is 0.301. The first-order valence-electron chi connectivity index (χ1n) is 6.52. The minimum atomic E-state index is 0.0251. The molecule has 0 radical (unpaired) electrons. The molecule has 0 heterocycles. The molecule has 0 aliphatic rings. The Labute approximate surface area is 114 Å². The van der Waals surface area contributed by atoms with Crippen molar-refractivity contribution in [2.75, 3.05) is 31.7 Å². The number of anilines is 1. The Morgan fingerprint density at radius 3 is 2.68 bits per heavy atom. The van der Waals surface area contributed by atoms with E-state index < -0.39 is 0 Å². The molecule has 0 aromatic heterocycles. The fourth-order valence-corrected chi connectivity index (χ4v) is 1.95. The van der Waals surface area contributed by atoms with Crippen molar-refractivity contribution in [3.8, 4) is 5.75 Å². The van der Waals surface area contributed by atoms with E-state index in [0.29, 0.717) is 12.1 Å². The monoisotopic (exact) mass is 265 g/mol. The first-order valence-corrected chi connectivity index (χ1v) is 6.52. The predicted octanol–water partition coefficient (Wildman–Crippen LogP) is 1.58. The predicted molar refractivity (Wildman–Crippen MR) is 78.2 cm³/mol. The van der Waals surface area contributed by atoms with Gasteiger partial charge in [-0.05, 0) is 18.6 Å². The van der Waals surface area contributed by atoms with Gasteiger partial charge in [-0.25, -0.2) is 0 Å². The zero-order valence-corrected chi connectivity index (χ0v) is 11.6. The summed E-state index contributed by atoms with van der Waals surface area (Å²) in [6.07, 6.45) is 2.09. The van der Waals surface area contributed by atoms with Crippen LogP contribution in [0.4, 0.5) is 5.69 Å². The SMILES string of the molecule is CCCCN(CCO)c1cc(OC)ccc1C(=N)N. The smallest absolute Gasteiger partial charge is 0.124 e. The van der Waals surface area contributed by atoms with E-state index in [9.17, 15) is 5.11 Å². The van der Waals surface area contributed by atoms with Crippen molar-refractivity contribution in [2.45, 2.75) is 19.8 Å². The zero-order valence-electron chi connectivity index (χ0n) is 11.6. The van der Waals surface area contributed by atoms with E-state index in [1.807, 2.05) is 11.0 Å². The van der Waals surface area contributed by atoms with Crippen LogP contribution in [0.25, 0.3) is 0 Å². The lowest BCUT2D eigenvalue weighted by Gasteiger charge is -2.26. The number of nitrogens with zero attached hydrogens (tertiary/aromatic N) is 1. The highest BCUT2D eigenvalue weighted by Crippen LogP contribution is 2.26. The largest absolute Gasteiger partial charge is 0.497 e. The third-order valence-electron chi connectivity index (χ3n) is 2.99. The summed E-state index contributed by atoms with van der Waals surface area (Å²) in [5, 5.41) is 16.8. The van der Waals surface area contributed by atoms with Crippen molar-refractivity contribution in [1.29, 1.82) is 5.41 Å². The van der Waals surface area contributed by atoms with E-state index in [4.69, 9.17) is 15.9 Å². The van der Waals surface area contributed by atoms with E-state index in [1.54, 1.807) is 19.2 Å². The van der Waals surface area contributed by atoms with Gasteiger partial charge < -0.3 is 20.5 Å². The number of rotatable bonds is 8. The van der Waals surface area contributed by atoms with E-state index in [-0.39, 0.29) is 12.4 Å². The molecular weight excluding hydrogens is 242 g/mol. The van der Waals surface area contributed by atoms with E-state index in [1.165, 1.54) is 0 Å². The summed E-state index contributed by atoms with van der Waals surface area (Å²) in [6.45, 7) is 3.53. The van der Waals surface area contributed by atoms with Gasteiger partial charge in [-0.1, -0.05) is 13.3 Å². The normalized spacial score (nSPS) is 10.3. The molecule has 0 saturated heterocycles. The lowest BCUT2D eigenvalue weighted by Crippen LogP contribution is -2.30. The van der Waals surface area contributed by atoms with Gasteiger partial charge in [-0.2, -0.15) is 0 Å². The number of methoxy groups -OCH3 is 1. The number of amidine groups is 1. The third kappa shape index (κ3) is 4.13. The number of nitrogen functional groups attached to an aromatic ring is 1. The lowest BCUT2D eigenvalue weighted by atomic mass is 10.1. The average molecular weight is 265 g/mol. The highest BCUT2D eigenvalue weighted by molar-refractivity contribution is 6.00. The second-order valence-corrected chi connectivity index (χ2v) is 4.36. The van der Waals surface area contributed by atoms with Crippen LogP contribution in [-0.4, -0.2) is 37.7 Å². The Bertz CT molecular complexity index is 421. The van der Waals surface area contributed by atoms with Crippen molar-refractivity contribution >= 4 is 11.5 Å². The maximum atomic E-state index is 9.20. The second-order valence-electron chi connectivity index (χ2n) is 4.36. The van der Waals surface area contributed by atoms with E-state index in [0.717, 1.165) is 30.8 Å². The molecule has 0 unspecified atom stereocenters. The number of nitrogens with one attached hydrogen (secondary N) is 1. The third-order valence-corrected chi connectivity index (χ3v) is 2.99. The minimum absolute atomic E-state index is 0.0251. The Morgan fingerprint density at radius 1 is 1.42 bits per heavy atom. The molecule has 19 heavy (non-hydrogen) atoms. The second kappa shape index (κ2) is 7.63. The molecule has 4 N–H and O–H groups in total. The Morgan fingerprint density at radius 2 is 2.16 bits per heavy atom. The van der Waals surface area contributed by atoms with Gasteiger partial charge in [-0.15, -0.1) is 0 Å². The van der Waals surface area contributed by atoms with Gasteiger partial charge in [0.1, 0.15) is 11.6 Å². The quantitative estimate of drug-likeness (QED) is 0.492. The van der Waals surface area contributed by atoms with Crippen LogP contribution in [-0.2, 0) is 0 Å². The van der Waals surface area contributed by atoms with E-state index >= 15 is 0 Å². The van der Waals surface area contributed by atoms with Crippen LogP contribution in [0.5, 0.6) is 5.75 Å². The molecule has 0 aliphatic carbocycles. The molecular formula is C14H23N3O2. The van der Waals surface area contributed by atoms with Crippen LogP contribution in [0.15, 0.2) is 18.2 Å². The fraction of sp³-hybridized carbons (Fsp3) is 0.500. The summed E-state index contributed by atoms with van der Waals surface area (Å²) in [7, 11) is 1.61. The maximum absolute atomic E-state index is 9.20. The highest BCUT2D eigenvalue weighted by atomic mass is 16.5. The van der Waals surface area contributed by atoms with Crippen LogP contribution in [0.1, 0.15) is 25.3 Å². The summed E-state index contributed by atoms with van der Waals surface area (Å²) >= 11 is 0. The molecule has 1 aromatic carbocycles. The van der Waals surface area contributed by atoms with Gasteiger partial charge in [0.2, 0.25) is 0 Å². The van der Waals surface area contributed by atoms with Crippen LogP contribution in [0.3, 0.4) is 0 Å². The van der Waals surface area contributed by atoms with Gasteiger partial charge in [-0.3, -0.25) is 5.41 Å². The average Bonchev–Trinajstić information content (AvgIpc) is 2.42. The van der Waals surface area contributed by atoms with Crippen molar-refractivity contribution in [1.82, 2.24) is 0 Å². The van der Waals surface area contributed by atoms with Crippen LogP contribution in [0.2, 0.25) is 0 Å². The van der Waals surface area contributed by atoms with Crippen molar-refractivity contribution in [2.24, 2.45) is 5.73 Å². The number of ether oxygens (including phenoxy) is 1. The number of hydrogen-bond donors (Lipinski definition) is 3. The minimum Gasteiger partial charge on any atom is -0.497 e. The fourth-order valence-electron chi connectivity index (χ4n) is 1.95. The molecule has 0 atom stereocenters. The zero-order chi connectivity index (χ0) is 14.3. The molecule has 0 spiro atoms. The summed E-state index contributed by atoms with van der Waals surface area (Å²) < 4.78 is 5.22. The summed E-state index contributed by atoms with van der Waals surface area (Å²) in [5.74, 6) is 0.747. The molecule has 0 amide bonds. The van der Waals surface area contributed by atoms with Gasteiger partial charge >= 0.3 is 0 Å².